The molecule has 152 valence electrons. The van der Waals surface area contributed by atoms with E-state index in [1.54, 1.807) is 0 Å². The van der Waals surface area contributed by atoms with Crippen molar-refractivity contribution in [2.24, 2.45) is 0 Å². The lowest BCUT2D eigenvalue weighted by Gasteiger charge is -2.40. The topological polar surface area (TPSA) is 80.9 Å². The zero-order valence-corrected chi connectivity index (χ0v) is 16.4. The average Bonchev–Trinajstić information content (AvgIpc) is 3.40. The molecule has 7 heteroatoms. The minimum atomic E-state index is -0.775. The van der Waals surface area contributed by atoms with Gasteiger partial charge in [0.2, 0.25) is 12.7 Å². The van der Waals surface area contributed by atoms with Crippen molar-refractivity contribution in [3.63, 3.8) is 0 Å². The highest BCUT2D eigenvalue weighted by atomic mass is 16.7. The van der Waals surface area contributed by atoms with Crippen molar-refractivity contribution in [1.82, 2.24) is 9.88 Å². The van der Waals surface area contributed by atoms with Crippen LogP contribution in [-0.4, -0.2) is 41.7 Å². The maximum absolute atomic E-state index is 13.0. The summed E-state index contributed by atoms with van der Waals surface area (Å²) >= 11 is 0. The van der Waals surface area contributed by atoms with Crippen molar-refractivity contribution in [1.29, 1.82) is 0 Å². The molecule has 0 aliphatic carbocycles. The highest BCUT2D eigenvalue weighted by Crippen LogP contribution is 2.44. The number of H-pyrrole nitrogens is 1. The third kappa shape index (κ3) is 2.66. The Balaban J connectivity index is 1.76. The minimum Gasteiger partial charge on any atom is -0.467 e. The highest BCUT2D eigenvalue weighted by Gasteiger charge is 2.43. The quantitative estimate of drug-likeness (QED) is 0.536. The second-order valence-corrected chi connectivity index (χ2v) is 7.27. The van der Waals surface area contributed by atoms with E-state index < -0.39 is 18.1 Å². The first kappa shape index (κ1) is 18.3. The van der Waals surface area contributed by atoms with Crippen LogP contribution >= 0.6 is 0 Å². The van der Waals surface area contributed by atoms with Crippen LogP contribution in [0.2, 0.25) is 0 Å². The van der Waals surface area contributed by atoms with Gasteiger partial charge in [0.15, 0.2) is 11.5 Å². The first-order chi connectivity index (χ1) is 14.6. The fourth-order valence-corrected chi connectivity index (χ4v) is 4.41. The molecule has 0 spiro atoms. The molecule has 7 nitrogen and oxygen atoms in total. The van der Waals surface area contributed by atoms with Crippen molar-refractivity contribution in [3.05, 3.63) is 71.9 Å². The second-order valence-electron chi connectivity index (χ2n) is 7.27. The number of hydrogen-bond donors (Lipinski definition) is 1. The predicted molar refractivity (Wildman–Crippen MR) is 109 cm³/mol. The number of para-hydroxylation sites is 1. The molecule has 2 unspecified atom stereocenters. The first-order valence-electron chi connectivity index (χ1n) is 9.64. The number of fused-ring (bicyclic) bond motifs is 4. The Kier molecular flexibility index (Phi) is 4.24. The Morgan fingerprint density at radius 1 is 1.20 bits per heavy atom. The van der Waals surface area contributed by atoms with Crippen LogP contribution in [-0.2, 0) is 20.7 Å². The van der Waals surface area contributed by atoms with Gasteiger partial charge in [-0.2, -0.15) is 0 Å². The molecule has 3 heterocycles. The number of rotatable bonds is 3. The third-order valence-electron chi connectivity index (χ3n) is 5.75. The molecule has 1 aromatic heterocycles. The van der Waals surface area contributed by atoms with Gasteiger partial charge < -0.3 is 24.1 Å². The number of nitrogens with zero attached hydrogens (tertiary/aromatic N) is 1. The predicted octanol–water partition coefficient (Wildman–Crippen LogP) is 3.10. The van der Waals surface area contributed by atoms with E-state index in [-0.39, 0.29) is 12.7 Å². The molecule has 30 heavy (non-hydrogen) atoms. The summed E-state index contributed by atoms with van der Waals surface area (Å²) < 4.78 is 16.0. The summed E-state index contributed by atoms with van der Waals surface area (Å²) in [5.41, 5.74) is 3.61. The second kappa shape index (κ2) is 6.95. The van der Waals surface area contributed by atoms with E-state index in [0.29, 0.717) is 17.9 Å². The molecular weight excluding hydrogens is 384 g/mol. The summed E-state index contributed by atoms with van der Waals surface area (Å²) in [5, 5.41) is 1.03. The normalized spacial score (nSPS) is 19.4. The van der Waals surface area contributed by atoms with Crippen LogP contribution < -0.4 is 9.47 Å². The molecule has 0 saturated carbocycles. The van der Waals surface area contributed by atoms with Crippen LogP contribution in [0.25, 0.3) is 10.9 Å². The van der Waals surface area contributed by atoms with Gasteiger partial charge >= 0.3 is 5.97 Å². The zero-order valence-electron chi connectivity index (χ0n) is 16.4. The van der Waals surface area contributed by atoms with Gasteiger partial charge in [0.1, 0.15) is 6.04 Å². The number of methoxy groups -OCH3 is 1. The number of amides is 1. The molecule has 1 N–H and O–H groups in total. The Morgan fingerprint density at radius 3 is 2.80 bits per heavy atom. The van der Waals surface area contributed by atoms with Gasteiger partial charge in [-0.25, -0.2) is 4.79 Å². The van der Waals surface area contributed by atoms with Crippen LogP contribution in [0.5, 0.6) is 11.5 Å². The summed E-state index contributed by atoms with van der Waals surface area (Å²) in [5.74, 6) is 0.443. The first-order valence-corrected chi connectivity index (χ1v) is 9.64. The summed E-state index contributed by atoms with van der Waals surface area (Å²) in [6.45, 7) is 3.80. The molecule has 5 rings (SSSR count). The van der Waals surface area contributed by atoms with E-state index >= 15 is 0 Å². The number of nitrogens with one attached hydrogen (secondary N) is 1. The highest BCUT2D eigenvalue weighted by molar-refractivity contribution is 5.94. The van der Waals surface area contributed by atoms with Gasteiger partial charge in [0, 0.05) is 23.0 Å². The molecule has 2 aliphatic rings. The van der Waals surface area contributed by atoms with Crippen molar-refractivity contribution in [2.45, 2.75) is 18.5 Å². The van der Waals surface area contributed by atoms with E-state index in [2.05, 4.69) is 11.6 Å². The van der Waals surface area contributed by atoms with Crippen LogP contribution in [0, 0.1) is 0 Å². The molecule has 2 atom stereocenters. The molecule has 1 amide bonds. The average molecular weight is 404 g/mol. The van der Waals surface area contributed by atoms with Crippen LogP contribution in [0.3, 0.4) is 0 Å². The Bertz CT molecular complexity index is 1180. The summed E-state index contributed by atoms with van der Waals surface area (Å²) in [6, 6.07) is 12.1. The van der Waals surface area contributed by atoms with Gasteiger partial charge in [0.05, 0.1) is 13.2 Å². The van der Waals surface area contributed by atoms with E-state index in [9.17, 15) is 9.59 Å². The van der Waals surface area contributed by atoms with Gasteiger partial charge in [-0.3, -0.25) is 4.79 Å². The molecule has 0 radical (unpaired) electrons. The number of hydrogen-bond acceptors (Lipinski definition) is 5. The van der Waals surface area contributed by atoms with Gasteiger partial charge in [-0.05, 0) is 35.4 Å². The fraction of sp³-hybridized carbons (Fsp3) is 0.217. The van der Waals surface area contributed by atoms with Crippen LogP contribution in [0.1, 0.15) is 22.9 Å². The zero-order chi connectivity index (χ0) is 20.8. The summed E-state index contributed by atoms with van der Waals surface area (Å²) in [4.78, 5) is 30.7. The van der Waals surface area contributed by atoms with Gasteiger partial charge in [0.25, 0.3) is 0 Å². The Morgan fingerprint density at radius 2 is 2.00 bits per heavy atom. The van der Waals surface area contributed by atoms with E-state index in [1.807, 2.05) is 42.5 Å². The number of carbonyl (C=O) groups is 2. The van der Waals surface area contributed by atoms with Gasteiger partial charge in [-0.1, -0.05) is 30.8 Å². The SMILES string of the molecule is C=CC(=O)N1C(C(=O)OC)Cc2c([nH]c3ccccc23)C1c1ccc2c(c1)OCO2. The molecule has 0 saturated heterocycles. The molecule has 0 fully saturated rings. The Hall–Kier alpha value is -3.74. The molecule has 2 aliphatic heterocycles. The Labute approximate surface area is 172 Å². The number of ether oxygens (including phenoxy) is 3. The molecule has 0 bridgehead atoms. The lowest BCUT2D eigenvalue weighted by atomic mass is 9.87. The molecular formula is C23H20N2O5. The number of aromatic nitrogens is 1. The van der Waals surface area contributed by atoms with E-state index in [4.69, 9.17) is 14.2 Å². The number of aromatic amines is 1. The third-order valence-corrected chi connectivity index (χ3v) is 5.75. The number of carbonyl (C=O) groups excluding carboxylic acids is 2. The van der Waals surface area contributed by atoms with Crippen molar-refractivity contribution >= 4 is 22.8 Å². The van der Waals surface area contributed by atoms with Crippen LogP contribution in [0.15, 0.2) is 55.1 Å². The van der Waals surface area contributed by atoms with Crippen molar-refractivity contribution < 1.29 is 23.8 Å². The maximum Gasteiger partial charge on any atom is 0.328 e. The van der Waals surface area contributed by atoms with Gasteiger partial charge in [-0.15, -0.1) is 0 Å². The standard InChI is InChI=1S/C23H20N2O5/c1-3-20(26)25-17(23(27)28-2)11-15-14-6-4-5-7-16(14)24-21(15)22(25)13-8-9-18-19(10-13)30-12-29-18/h3-10,17,22,24H,1,11-12H2,2H3. The van der Waals surface area contributed by atoms with E-state index in [0.717, 1.165) is 27.7 Å². The molecule has 3 aromatic rings. The lowest BCUT2D eigenvalue weighted by molar-refractivity contribution is -0.153. The monoisotopic (exact) mass is 404 g/mol. The smallest absolute Gasteiger partial charge is 0.328 e. The minimum absolute atomic E-state index is 0.154. The number of benzene rings is 2. The maximum atomic E-state index is 13.0. The molecule has 2 aromatic carbocycles. The summed E-state index contributed by atoms with van der Waals surface area (Å²) in [6.07, 6.45) is 1.58. The van der Waals surface area contributed by atoms with E-state index in [1.165, 1.54) is 18.1 Å². The van der Waals surface area contributed by atoms with Crippen molar-refractivity contribution in [3.8, 4) is 11.5 Å². The lowest BCUT2D eigenvalue weighted by Crippen LogP contribution is -2.51. The van der Waals surface area contributed by atoms with Crippen molar-refractivity contribution in [2.75, 3.05) is 13.9 Å². The fourth-order valence-electron chi connectivity index (χ4n) is 4.41. The summed E-state index contributed by atoms with van der Waals surface area (Å²) in [7, 11) is 1.33. The van der Waals surface area contributed by atoms with Crippen LogP contribution in [0.4, 0.5) is 0 Å². The number of esters is 1. The largest absolute Gasteiger partial charge is 0.467 e.